The van der Waals surface area contributed by atoms with Gasteiger partial charge in [0.2, 0.25) is 0 Å². The second-order valence-corrected chi connectivity index (χ2v) is 5.98. The van der Waals surface area contributed by atoms with Crippen LogP contribution in [-0.4, -0.2) is 89.8 Å². The van der Waals surface area contributed by atoms with Gasteiger partial charge in [0.15, 0.2) is 5.96 Å². The van der Waals surface area contributed by atoms with Gasteiger partial charge in [-0.1, -0.05) is 0 Å². The highest BCUT2D eigenvalue weighted by Crippen LogP contribution is 2.22. The molecule has 8 heteroatoms. The van der Waals surface area contributed by atoms with Crippen LogP contribution >= 0.6 is 24.0 Å². The largest absolute Gasteiger partial charge is 0.383 e. The van der Waals surface area contributed by atoms with Crippen molar-refractivity contribution in [3.05, 3.63) is 0 Å². The summed E-state index contributed by atoms with van der Waals surface area (Å²) < 4.78 is 16.2. The van der Waals surface area contributed by atoms with Crippen LogP contribution in [0.1, 0.15) is 13.3 Å². The topological polar surface area (TPSA) is 67.4 Å². The first-order valence-electron chi connectivity index (χ1n) is 8.75. The number of hydrogen-bond donors (Lipinski definition) is 2. The molecule has 2 N–H and O–H groups in total. The van der Waals surface area contributed by atoms with E-state index in [-0.39, 0.29) is 24.0 Å². The minimum absolute atomic E-state index is 0. The predicted octanol–water partition coefficient (Wildman–Crippen LogP) is 0.543. The highest BCUT2D eigenvalue weighted by atomic mass is 127. The average molecular weight is 456 g/mol. The summed E-state index contributed by atoms with van der Waals surface area (Å²) >= 11 is 0. The van der Waals surface area contributed by atoms with Gasteiger partial charge in [0.05, 0.1) is 33.0 Å². The second-order valence-electron chi connectivity index (χ2n) is 5.98. The molecule has 0 bridgehead atoms. The van der Waals surface area contributed by atoms with E-state index >= 15 is 0 Å². The number of methoxy groups -OCH3 is 1. The maximum atomic E-state index is 5.61. The second kappa shape index (κ2) is 13.1. The van der Waals surface area contributed by atoms with E-state index in [2.05, 4.69) is 22.5 Å². The smallest absolute Gasteiger partial charge is 0.191 e. The van der Waals surface area contributed by atoms with E-state index < -0.39 is 0 Å². The SMILES string of the molecule is CCNC(=NCC(C1CCOC1)N1CCOCC1)NCCOC.I. The molecular formula is C16H33IN4O3. The van der Waals surface area contributed by atoms with Crippen molar-refractivity contribution in [2.45, 2.75) is 19.4 Å². The van der Waals surface area contributed by atoms with Gasteiger partial charge in [0.25, 0.3) is 0 Å². The average Bonchev–Trinajstić information content (AvgIpc) is 3.10. The molecule has 2 heterocycles. The number of nitrogens with one attached hydrogen (secondary N) is 2. The van der Waals surface area contributed by atoms with E-state index in [0.717, 1.165) is 71.5 Å². The fourth-order valence-corrected chi connectivity index (χ4v) is 3.13. The number of rotatable bonds is 8. The molecule has 24 heavy (non-hydrogen) atoms. The lowest BCUT2D eigenvalue weighted by Crippen LogP contribution is -2.49. The number of aliphatic imine (C=N–C) groups is 1. The standard InChI is InChI=1S/C16H32N4O3.HI/c1-3-17-16(18-5-9-21-2)19-12-15(14-4-8-23-13-14)20-6-10-22-11-7-20;/h14-15H,3-13H2,1-2H3,(H2,17,18,19);1H. The van der Waals surface area contributed by atoms with Crippen LogP contribution in [0.15, 0.2) is 4.99 Å². The molecule has 0 amide bonds. The molecule has 2 atom stereocenters. The van der Waals surface area contributed by atoms with E-state index in [1.807, 2.05) is 0 Å². The molecule has 7 nitrogen and oxygen atoms in total. The molecule has 2 saturated heterocycles. The minimum atomic E-state index is 0. The normalized spacial score (nSPS) is 23.6. The van der Waals surface area contributed by atoms with Crippen molar-refractivity contribution in [2.75, 3.05) is 72.9 Å². The molecule has 0 aliphatic carbocycles. The lowest BCUT2D eigenvalue weighted by atomic mass is 9.97. The molecule has 0 aromatic heterocycles. The summed E-state index contributed by atoms with van der Waals surface area (Å²) in [6.07, 6.45) is 1.13. The zero-order chi connectivity index (χ0) is 16.3. The number of nitrogens with zero attached hydrogens (tertiary/aromatic N) is 2. The number of guanidine groups is 1. The van der Waals surface area contributed by atoms with Crippen LogP contribution in [0.4, 0.5) is 0 Å². The van der Waals surface area contributed by atoms with Gasteiger partial charge in [-0.3, -0.25) is 9.89 Å². The minimum Gasteiger partial charge on any atom is -0.383 e. The maximum absolute atomic E-state index is 5.61. The van der Waals surface area contributed by atoms with Crippen LogP contribution < -0.4 is 10.6 Å². The Morgan fingerprint density at radius 1 is 1.25 bits per heavy atom. The first-order chi connectivity index (χ1) is 11.3. The Kier molecular flexibility index (Phi) is 11.9. The molecule has 2 aliphatic rings. The molecule has 0 radical (unpaired) electrons. The molecule has 2 fully saturated rings. The van der Waals surface area contributed by atoms with E-state index in [0.29, 0.717) is 18.6 Å². The van der Waals surface area contributed by atoms with Crippen LogP contribution in [0, 0.1) is 5.92 Å². The third-order valence-electron chi connectivity index (χ3n) is 4.40. The number of morpholine rings is 1. The van der Waals surface area contributed by atoms with E-state index in [4.69, 9.17) is 19.2 Å². The summed E-state index contributed by atoms with van der Waals surface area (Å²) in [6, 6.07) is 0.430. The molecule has 0 aromatic rings. The van der Waals surface area contributed by atoms with Crippen molar-refractivity contribution in [3.63, 3.8) is 0 Å². The molecule has 2 aliphatic heterocycles. The lowest BCUT2D eigenvalue weighted by molar-refractivity contribution is 0.00368. The quantitative estimate of drug-likeness (QED) is 0.241. The summed E-state index contributed by atoms with van der Waals surface area (Å²) in [7, 11) is 1.71. The van der Waals surface area contributed by atoms with Crippen LogP contribution in [-0.2, 0) is 14.2 Å². The molecule has 0 spiro atoms. The van der Waals surface area contributed by atoms with E-state index in [1.54, 1.807) is 7.11 Å². The van der Waals surface area contributed by atoms with Gasteiger partial charge < -0.3 is 24.8 Å². The number of ether oxygens (including phenoxy) is 3. The highest BCUT2D eigenvalue weighted by Gasteiger charge is 2.31. The fraction of sp³-hybridized carbons (Fsp3) is 0.938. The molecular weight excluding hydrogens is 423 g/mol. The van der Waals surface area contributed by atoms with Crippen molar-refractivity contribution in [2.24, 2.45) is 10.9 Å². The third kappa shape index (κ3) is 7.38. The van der Waals surface area contributed by atoms with Crippen LogP contribution in [0.25, 0.3) is 0 Å². The lowest BCUT2D eigenvalue weighted by Gasteiger charge is -2.36. The van der Waals surface area contributed by atoms with Crippen molar-refractivity contribution < 1.29 is 14.2 Å². The van der Waals surface area contributed by atoms with E-state index in [9.17, 15) is 0 Å². The zero-order valence-electron chi connectivity index (χ0n) is 15.0. The summed E-state index contributed by atoms with van der Waals surface area (Å²) in [6.45, 7) is 10.5. The number of hydrogen-bond acceptors (Lipinski definition) is 5. The highest BCUT2D eigenvalue weighted by molar-refractivity contribution is 14.0. The van der Waals surface area contributed by atoms with Gasteiger partial charge in [-0.15, -0.1) is 24.0 Å². The van der Waals surface area contributed by atoms with Gasteiger partial charge in [0.1, 0.15) is 0 Å². The Hall–Kier alpha value is -0.160. The van der Waals surface area contributed by atoms with Crippen molar-refractivity contribution in [1.29, 1.82) is 0 Å². The van der Waals surface area contributed by atoms with Gasteiger partial charge in [0, 0.05) is 51.9 Å². The predicted molar refractivity (Wildman–Crippen MR) is 106 cm³/mol. The summed E-state index contributed by atoms with van der Waals surface area (Å²) in [5.41, 5.74) is 0. The van der Waals surface area contributed by atoms with Crippen molar-refractivity contribution in [1.82, 2.24) is 15.5 Å². The van der Waals surface area contributed by atoms with Gasteiger partial charge in [-0.05, 0) is 13.3 Å². The molecule has 0 saturated carbocycles. The van der Waals surface area contributed by atoms with Gasteiger partial charge >= 0.3 is 0 Å². The Bertz CT molecular complexity index is 348. The molecule has 142 valence electrons. The Morgan fingerprint density at radius 3 is 2.67 bits per heavy atom. The summed E-state index contributed by atoms with van der Waals surface area (Å²) in [4.78, 5) is 7.33. The Morgan fingerprint density at radius 2 is 2.04 bits per heavy atom. The van der Waals surface area contributed by atoms with Gasteiger partial charge in [-0.2, -0.15) is 0 Å². The van der Waals surface area contributed by atoms with Crippen molar-refractivity contribution >= 4 is 29.9 Å². The fourth-order valence-electron chi connectivity index (χ4n) is 3.13. The molecule has 2 unspecified atom stereocenters. The van der Waals surface area contributed by atoms with Gasteiger partial charge in [-0.25, -0.2) is 0 Å². The Labute approximate surface area is 162 Å². The van der Waals surface area contributed by atoms with Crippen LogP contribution in [0.3, 0.4) is 0 Å². The first-order valence-corrected chi connectivity index (χ1v) is 8.75. The monoisotopic (exact) mass is 456 g/mol. The maximum Gasteiger partial charge on any atom is 0.191 e. The molecule has 0 aromatic carbocycles. The third-order valence-corrected chi connectivity index (χ3v) is 4.40. The molecule has 2 rings (SSSR count). The van der Waals surface area contributed by atoms with Crippen LogP contribution in [0.2, 0.25) is 0 Å². The first kappa shape index (κ1) is 21.9. The van der Waals surface area contributed by atoms with Crippen LogP contribution in [0.5, 0.6) is 0 Å². The summed E-state index contributed by atoms with van der Waals surface area (Å²) in [5, 5.41) is 6.61. The number of halogens is 1. The van der Waals surface area contributed by atoms with E-state index in [1.165, 1.54) is 0 Å². The Balaban J connectivity index is 0.00000288. The zero-order valence-corrected chi connectivity index (χ0v) is 17.3. The van der Waals surface area contributed by atoms with Crippen molar-refractivity contribution in [3.8, 4) is 0 Å². The summed E-state index contributed by atoms with van der Waals surface area (Å²) in [5.74, 6) is 1.43.